The van der Waals surface area contributed by atoms with Crippen LogP contribution < -0.4 is 4.90 Å². The Morgan fingerprint density at radius 2 is 1.21 bits per heavy atom. The second-order valence-electron chi connectivity index (χ2n) is 7.34. The number of pyridine rings is 1. The van der Waals surface area contributed by atoms with Crippen LogP contribution in [0, 0.1) is 38.2 Å². The number of hydrogen-bond donors (Lipinski definition) is 0. The van der Waals surface area contributed by atoms with Crippen LogP contribution in [0.25, 0.3) is 0 Å². The molecule has 1 aromatic heterocycles. The Bertz CT molecular complexity index is 1060. The van der Waals surface area contributed by atoms with Crippen molar-refractivity contribution >= 4 is 40.2 Å². The van der Waals surface area contributed by atoms with Crippen molar-refractivity contribution in [2.24, 2.45) is 0 Å². The number of carbonyl (C=O) groups excluding carboxylic acids is 2. The van der Waals surface area contributed by atoms with Gasteiger partial charge in [-0.15, -0.1) is 0 Å². The van der Waals surface area contributed by atoms with Gasteiger partial charge in [-0.3, -0.25) is 9.59 Å². The number of hydrogen-bond acceptors (Lipinski definition) is 3. The largest absolute Gasteiger partial charge is 0.268 e. The van der Waals surface area contributed by atoms with Gasteiger partial charge in [0.15, 0.2) is 0 Å². The van der Waals surface area contributed by atoms with Gasteiger partial charge in [0.1, 0.15) is 5.82 Å². The maximum absolute atomic E-state index is 13.5. The fourth-order valence-corrected chi connectivity index (χ4v) is 3.67. The highest BCUT2D eigenvalue weighted by Crippen LogP contribution is 2.25. The molecule has 0 aliphatic rings. The maximum atomic E-state index is 13.5. The van der Waals surface area contributed by atoms with E-state index in [9.17, 15) is 9.59 Å². The van der Waals surface area contributed by atoms with Crippen molar-refractivity contribution in [3.8, 4) is 0 Å². The zero-order valence-electron chi connectivity index (χ0n) is 17.2. The van der Waals surface area contributed by atoms with Gasteiger partial charge in [0, 0.05) is 20.9 Å². The van der Waals surface area contributed by atoms with Gasteiger partial charge in [0.25, 0.3) is 11.8 Å². The molecule has 0 aliphatic heterocycles. The number of benzene rings is 2. The molecular formula is C24H23IN2O2. The third-order valence-corrected chi connectivity index (χ3v) is 5.73. The highest BCUT2D eigenvalue weighted by molar-refractivity contribution is 14.1. The number of rotatable bonds is 3. The van der Waals surface area contributed by atoms with Gasteiger partial charge >= 0.3 is 0 Å². The second kappa shape index (κ2) is 8.45. The summed E-state index contributed by atoms with van der Waals surface area (Å²) in [6, 6.07) is 12.9. The van der Waals surface area contributed by atoms with E-state index in [1.807, 2.05) is 65.0 Å². The van der Waals surface area contributed by atoms with Crippen molar-refractivity contribution in [3.63, 3.8) is 0 Å². The van der Waals surface area contributed by atoms with Crippen LogP contribution in [0.2, 0.25) is 0 Å². The molecule has 29 heavy (non-hydrogen) atoms. The number of imide groups is 1. The van der Waals surface area contributed by atoms with Crippen LogP contribution in [0.15, 0.2) is 48.7 Å². The van der Waals surface area contributed by atoms with E-state index >= 15 is 0 Å². The predicted molar refractivity (Wildman–Crippen MR) is 125 cm³/mol. The zero-order chi connectivity index (χ0) is 21.3. The van der Waals surface area contributed by atoms with Crippen molar-refractivity contribution in [2.75, 3.05) is 4.90 Å². The first kappa shape index (κ1) is 21.2. The minimum Gasteiger partial charge on any atom is -0.268 e. The Balaban J connectivity index is 2.15. The molecule has 0 saturated heterocycles. The first-order valence-electron chi connectivity index (χ1n) is 9.34. The van der Waals surface area contributed by atoms with Crippen LogP contribution in [0.3, 0.4) is 0 Å². The molecule has 0 aliphatic carbocycles. The smallest absolute Gasteiger partial charge is 0.266 e. The van der Waals surface area contributed by atoms with E-state index in [4.69, 9.17) is 0 Å². The molecule has 0 spiro atoms. The first-order chi connectivity index (χ1) is 13.7. The molecule has 1 heterocycles. The van der Waals surface area contributed by atoms with E-state index in [-0.39, 0.29) is 11.8 Å². The lowest BCUT2D eigenvalue weighted by molar-refractivity contribution is 0.0896. The number of amides is 2. The molecule has 4 nitrogen and oxygen atoms in total. The van der Waals surface area contributed by atoms with Gasteiger partial charge < -0.3 is 0 Å². The fraction of sp³-hybridized carbons (Fsp3) is 0.208. The molecule has 2 aromatic carbocycles. The third-order valence-electron chi connectivity index (χ3n) is 5.14. The summed E-state index contributed by atoms with van der Waals surface area (Å²) in [6.07, 6.45) is 1.66. The minimum absolute atomic E-state index is 0.358. The molecule has 0 bridgehead atoms. The minimum atomic E-state index is -0.381. The van der Waals surface area contributed by atoms with Crippen molar-refractivity contribution in [1.82, 2.24) is 4.98 Å². The van der Waals surface area contributed by atoms with Crippen LogP contribution in [0.1, 0.15) is 48.5 Å². The van der Waals surface area contributed by atoms with Crippen molar-refractivity contribution in [2.45, 2.75) is 34.6 Å². The summed E-state index contributed by atoms with van der Waals surface area (Å²) in [5, 5.41) is 0. The summed E-state index contributed by atoms with van der Waals surface area (Å²) in [5.74, 6) is -0.404. The van der Waals surface area contributed by atoms with E-state index in [0.717, 1.165) is 31.4 Å². The zero-order valence-corrected chi connectivity index (χ0v) is 19.4. The van der Waals surface area contributed by atoms with Crippen LogP contribution >= 0.6 is 22.6 Å². The average Bonchev–Trinajstić information content (AvgIpc) is 2.67. The lowest BCUT2D eigenvalue weighted by Crippen LogP contribution is -2.38. The molecule has 0 N–H and O–H groups in total. The molecular weight excluding hydrogens is 475 g/mol. The van der Waals surface area contributed by atoms with E-state index < -0.39 is 0 Å². The van der Waals surface area contributed by atoms with Gasteiger partial charge in [-0.05, 0) is 115 Å². The molecule has 5 heteroatoms. The van der Waals surface area contributed by atoms with Crippen LogP contribution in [-0.4, -0.2) is 16.8 Å². The highest BCUT2D eigenvalue weighted by atomic mass is 127. The summed E-state index contributed by atoms with van der Waals surface area (Å²) >= 11 is 2.17. The lowest BCUT2D eigenvalue weighted by Gasteiger charge is -2.22. The lowest BCUT2D eigenvalue weighted by atomic mass is 10.0. The molecule has 2 amide bonds. The van der Waals surface area contributed by atoms with Crippen LogP contribution in [0.4, 0.5) is 5.82 Å². The quantitative estimate of drug-likeness (QED) is 0.343. The van der Waals surface area contributed by atoms with E-state index in [0.29, 0.717) is 16.9 Å². The number of aromatic nitrogens is 1. The van der Waals surface area contributed by atoms with E-state index in [1.165, 1.54) is 4.90 Å². The normalized spacial score (nSPS) is 10.7. The van der Waals surface area contributed by atoms with Gasteiger partial charge in [-0.25, -0.2) is 9.88 Å². The summed E-state index contributed by atoms with van der Waals surface area (Å²) in [5.41, 5.74) is 5.89. The van der Waals surface area contributed by atoms with Crippen LogP contribution in [-0.2, 0) is 0 Å². The number of nitrogens with zero attached hydrogens (tertiary/aromatic N) is 2. The number of anilines is 1. The molecule has 3 rings (SSSR count). The van der Waals surface area contributed by atoms with Crippen molar-refractivity contribution < 1.29 is 9.59 Å². The first-order valence-corrected chi connectivity index (χ1v) is 10.4. The Hall–Kier alpha value is -2.54. The van der Waals surface area contributed by atoms with Crippen molar-refractivity contribution in [3.05, 3.63) is 91.2 Å². The highest BCUT2D eigenvalue weighted by Gasteiger charge is 2.29. The monoisotopic (exact) mass is 498 g/mol. The number of carbonyl (C=O) groups is 2. The van der Waals surface area contributed by atoms with Crippen LogP contribution in [0.5, 0.6) is 0 Å². The summed E-state index contributed by atoms with van der Waals surface area (Å²) < 4.78 is 0.945. The van der Waals surface area contributed by atoms with E-state index in [1.54, 1.807) is 18.3 Å². The third kappa shape index (κ3) is 4.40. The predicted octanol–water partition coefficient (Wildman–Crippen LogP) is 5.72. The molecule has 0 fully saturated rings. The standard InChI is InChI=1S/C24H23IN2O2/c1-14-6-8-19(10-16(14)3)23(28)27(22-18(5)12-21(25)13-26-22)24(29)20-9-7-15(2)17(4)11-20/h6-13H,1-5H3. The summed E-state index contributed by atoms with van der Waals surface area (Å²) in [6.45, 7) is 9.75. The molecule has 0 unspecified atom stereocenters. The molecule has 3 aromatic rings. The Labute approximate surface area is 185 Å². The topological polar surface area (TPSA) is 50.3 Å². The molecule has 0 saturated carbocycles. The molecule has 148 valence electrons. The van der Waals surface area contributed by atoms with E-state index in [2.05, 4.69) is 27.6 Å². The van der Waals surface area contributed by atoms with Crippen molar-refractivity contribution in [1.29, 1.82) is 0 Å². The summed E-state index contributed by atoms with van der Waals surface area (Å²) in [7, 11) is 0. The van der Waals surface area contributed by atoms with Gasteiger partial charge in [-0.2, -0.15) is 0 Å². The Morgan fingerprint density at radius 3 is 1.62 bits per heavy atom. The second-order valence-corrected chi connectivity index (χ2v) is 8.58. The Kier molecular flexibility index (Phi) is 6.17. The SMILES string of the molecule is Cc1ccc(C(=O)N(C(=O)c2ccc(C)c(C)c2)c2ncc(I)cc2C)cc1C. The average molecular weight is 498 g/mol. The molecule has 0 radical (unpaired) electrons. The van der Waals surface area contributed by atoms with Gasteiger partial charge in [0.2, 0.25) is 0 Å². The maximum Gasteiger partial charge on any atom is 0.266 e. The fourth-order valence-electron chi connectivity index (χ4n) is 3.06. The summed E-state index contributed by atoms with van der Waals surface area (Å²) in [4.78, 5) is 32.6. The Morgan fingerprint density at radius 1 is 0.724 bits per heavy atom. The molecule has 0 atom stereocenters. The van der Waals surface area contributed by atoms with Gasteiger partial charge in [-0.1, -0.05) is 12.1 Å². The number of aryl methyl sites for hydroxylation is 5. The van der Waals surface area contributed by atoms with Gasteiger partial charge in [0.05, 0.1) is 0 Å². The number of halogens is 1.